The number of hydrogen-bond acceptors (Lipinski definition) is 4. The standard InChI is InChI=1S/C21H19ClF6O5/c22-16-12-14(19(31,20(23,24)25)21(26,27)28)5-8-17(16)33-11-1-10-32-15-6-2-13(3-7-15)4-9-18(29)30/h2-3,5-8,12,31H,1,4,9-11H2,(H,29,30). The van der Waals surface area contributed by atoms with Gasteiger partial charge in [-0.05, 0) is 36.2 Å². The monoisotopic (exact) mass is 500 g/mol. The number of carboxylic acid groups (broad SMARTS) is 1. The van der Waals surface area contributed by atoms with E-state index in [0.29, 0.717) is 30.7 Å². The molecule has 2 aromatic rings. The molecule has 0 aliphatic rings. The van der Waals surface area contributed by atoms with Gasteiger partial charge in [-0.1, -0.05) is 29.8 Å². The number of ether oxygens (including phenoxy) is 2. The third-order valence-corrected chi connectivity index (χ3v) is 4.83. The van der Waals surface area contributed by atoms with Gasteiger partial charge < -0.3 is 19.7 Å². The molecule has 0 saturated carbocycles. The van der Waals surface area contributed by atoms with Crippen molar-refractivity contribution in [3.63, 3.8) is 0 Å². The maximum Gasteiger partial charge on any atom is 0.430 e. The lowest BCUT2D eigenvalue weighted by Gasteiger charge is -2.32. The van der Waals surface area contributed by atoms with Crippen LogP contribution in [0, 0.1) is 0 Å². The van der Waals surface area contributed by atoms with Crippen molar-refractivity contribution in [1.82, 2.24) is 0 Å². The number of benzene rings is 2. The Morgan fingerprint density at radius 1 is 0.909 bits per heavy atom. The molecule has 2 aromatic carbocycles. The van der Waals surface area contributed by atoms with Gasteiger partial charge in [-0.3, -0.25) is 4.79 Å². The molecule has 0 saturated heterocycles. The van der Waals surface area contributed by atoms with Gasteiger partial charge in [-0.15, -0.1) is 0 Å². The molecule has 5 nitrogen and oxygen atoms in total. The van der Waals surface area contributed by atoms with Crippen molar-refractivity contribution in [2.45, 2.75) is 37.2 Å². The molecule has 0 atom stereocenters. The summed E-state index contributed by atoms with van der Waals surface area (Å²) in [4.78, 5) is 10.6. The Balaban J connectivity index is 1.89. The van der Waals surface area contributed by atoms with Crippen molar-refractivity contribution in [2.75, 3.05) is 13.2 Å². The summed E-state index contributed by atoms with van der Waals surface area (Å²) in [7, 11) is 0. The maximum atomic E-state index is 13.0. The lowest BCUT2D eigenvalue weighted by molar-refractivity contribution is -0.376. The van der Waals surface area contributed by atoms with Crippen LogP contribution in [0.4, 0.5) is 26.3 Å². The van der Waals surface area contributed by atoms with Crippen LogP contribution >= 0.6 is 11.6 Å². The van der Waals surface area contributed by atoms with Gasteiger partial charge in [-0.25, -0.2) is 0 Å². The van der Waals surface area contributed by atoms with E-state index in [1.54, 1.807) is 24.3 Å². The molecule has 0 radical (unpaired) electrons. The lowest BCUT2D eigenvalue weighted by Crippen LogP contribution is -2.53. The molecule has 0 fully saturated rings. The first kappa shape index (κ1) is 26.6. The molecule has 0 bridgehead atoms. The second-order valence-corrected chi connectivity index (χ2v) is 7.35. The Kier molecular flexibility index (Phi) is 8.47. The van der Waals surface area contributed by atoms with Crippen molar-refractivity contribution in [3.05, 3.63) is 58.6 Å². The number of hydrogen-bond donors (Lipinski definition) is 2. The molecule has 0 aliphatic heterocycles. The van der Waals surface area contributed by atoms with E-state index >= 15 is 0 Å². The molecule has 12 heteroatoms. The summed E-state index contributed by atoms with van der Waals surface area (Å²) < 4.78 is 88.5. The molecule has 0 aromatic heterocycles. The molecular formula is C21H19ClF6O5. The van der Waals surface area contributed by atoms with Gasteiger partial charge in [0.1, 0.15) is 11.5 Å². The zero-order chi connectivity index (χ0) is 24.9. The predicted octanol–water partition coefficient (Wildman–Crippen LogP) is 5.52. The SMILES string of the molecule is O=C(O)CCc1ccc(OCCCOc2ccc(C(O)(C(F)(F)F)C(F)(F)F)cc2Cl)cc1. The molecule has 182 valence electrons. The van der Waals surface area contributed by atoms with Crippen LogP contribution in [0.25, 0.3) is 0 Å². The van der Waals surface area contributed by atoms with E-state index in [0.717, 1.165) is 11.6 Å². The lowest BCUT2D eigenvalue weighted by atomic mass is 9.92. The topological polar surface area (TPSA) is 76.0 Å². The number of carboxylic acids is 1. The highest BCUT2D eigenvalue weighted by Crippen LogP contribution is 2.50. The van der Waals surface area contributed by atoms with E-state index in [2.05, 4.69) is 0 Å². The molecule has 2 N–H and O–H groups in total. The van der Waals surface area contributed by atoms with E-state index in [1.807, 2.05) is 0 Å². The van der Waals surface area contributed by atoms with Gasteiger partial charge in [0.25, 0.3) is 5.60 Å². The number of halogens is 7. The highest BCUT2D eigenvalue weighted by molar-refractivity contribution is 6.32. The Morgan fingerprint density at radius 2 is 1.48 bits per heavy atom. The Labute approximate surface area is 189 Å². The Bertz CT molecular complexity index is 930. The second-order valence-electron chi connectivity index (χ2n) is 6.94. The van der Waals surface area contributed by atoms with Gasteiger partial charge in [0, 0.05) is 18.4 Å². The summed E-state index contributed by atoms with van der Waals surface area (Å²) in [6, 6.07) is 8.40. The fourth-order valence-electron chi connectivity index (χ4n) is 2.77. The van der Waals surface area contributed by atoms with E-state index in [4.69, 9.17) is 26.2 Å². The second kappa shape index (κ2) is 10.5. The first-order chi connectivity index (χ1) is 15.3. The Hall–Kier alpha value is -2.66. The average molecular weight is 501 g/mol. The predicted molar refractivity (Wildman–Crippen MR) is 105 cm³/mol. The zero-order valence-electron chi connectivity index (χ0n) is 16.8. The van der Waals surface area contributed by atoms with Crippen LogP contribution in [-0.2, 0) is 16.8 Å². The number of alkyl halides is 6. The molecule has 0 unspecified atom stereocenters. The van der Waals surface area contributed by atoms with Crippen LogP contribution in [-0.4, -0.2) is 41.7 Å². The van der Waals surface area contributed by atoms with Gasteiger partial charge in [0.2, 0.25) is 0 Å². The largest absolute Gasteiger partial charge is 0.493 e. The third kappa shape index (κ3) is 6.67. The molecule has 0 aliphatic carbocycles. The van der Waals surface area contributed by atoms with Crippen LogP contribution in [0.3, 0.4) is 0 Å². The number of aliphatic hydroxyl groups is 1. The van der Waals surface area contributed by atoms with E-state index in [-0.39, 0.29) is 25.4 Å². The fourth-order valence-corrected chi connectivity index (χ4v) is 3.00. The van der Waals surface area contributed by atoms with Crippen LogP contribution in [0.2, 0.25) is 5.02 Å². The summed E-state index contributed by atoms with van der Waals surface area (Å²) in [5.41, 5.74) is -5.72. The van der Waals surface area contributed by atoms with Crippen molar-refractivity contribution in [1.29, 1.82) is 0 Å². The van der Waals surface area contributed by atoms with Gasteiger partial charge in [0.15, 0.2) is 0 Å². The molecule has 0 heterocycles. The molecular weight excluding hydrogens is 482 g/mol. The number of aryl methyl sites for hydroxylation is 1. The van der Waals surface area contributed by atoms with Crippen LogP contribution in [0.5, 0.6) is 11.5 Å². The van der Waals surface area contributed by atoms with Gasteiger partial charge >= 0.3 is 18.3 Å². The Morgan fingerprint density at radius 3 is 2.00 bits per heavy atom. The van der Waals surface area contributed by atoms with Gasteiger partial charge in [-0.2, -0.15) is 26.3 Å². The molecule has 0 amide bonds. The van der Waals surface area contributed by atoms with Crippen molar-refractivity contribution in [3.8, 4) is 11.5 Å². The van der Waals surface area contributed by atoms with Crippen LogP contribution in [0.1, 0.15) is 24.0 Å². The van der Waals surface area contributed by atoms with E-state index in [1.165, 1.54) is 0 Å². The summed E-state index contributed by atoms with van der Waals surface area (Å²) in [5, 5.41) is 17.5. The van der Waals surface area contributed by atoms with E-state index in [9.17, 15) is 36.2 Å². The first-order valence-corrected chi connectivity index (χ1v) is 9.85. The summed E-state index contributed by atoms with van der Waals surface area (Å²) in [6.45, 7) is 0.185. The fraction of sp³-hybridized carbons (Fsp3) is 0.381. The third-order valence-electron chi connectivity index (χ3n) is 4.54. The van der Waals surface area contributed by atoms with Crippen molar-refractivity contribution < 1.29 is 50.8 Å². The van der Waals surface area contributed by atoms with Crippen LogP contribution in [0.15, 0.2) is 42.5 Å². The number of carbonyl (C=O) groups is 1. The highest BCUT2D eigenvalue weighted by atomic mass is 35.5. The summed E-state index contributed by atoms with van der Waals surface area (Å²) >= 11 is 5.77. The highest BCUT2D eigenvalue weighted by Gasteiger charge is 2.71. The number of aliphatic carboxylic acids is 1. The number of rotatable bonds is 10. The van der Waals surface area contributed by atoms with E-state index < -0.39 is 34.5 Å². The quantitative estimate of drug-likeness (QED) is 0.332. The molecule has 33 heavy (non-hydrogen) atoms. The molecule has 2 rings (SSSR count). The minimum atomic E-state index is -6.01. The smallest absolute Gasteiger partial charge is 0.430 e. The first-order valence-electron chi connectivity index (χ1n) is 9.48. The normalized spacial score (nSPS) is 12.5. The minimum absolute atomic E-state index is 0.00142. The summed E-state index contributed by atoms with van der Waals surface area (Å²) in [5.74, 6) is -0.536. The average Bonchev–Trinajstić information content (AvgIpc) is 2.71. The molecule has 0 spiro atoms. The minimum Gasteiger partial charge on any atom is -0.493 e. The van der Waals surface area contributed by atoms with Crippen LogP contribution < -0.4 is 9.47 Å². The zero-order valence-corrected chi connectivity index (χ0v) is 17.6. The van der Waals surface area contributed by atoms with Crippen molar-refractivity contribution in [2.24, 2.45) is 0 Å². The van der Waals surface area contributed by atoms with Crippen molar-refractivity contribution >= 4 is 17.6 Å². The summed E-state index contributed by atoms with van der Waals surface area (Å²) in [6.07, 6.45) is -11.3. The maximum absolute atomic E-state index is 13.0. The van der Waals surface area contributed by atoms with Gasteiger partial charge in [0.05, 0.1) is 18.2 Å².